The van der Waals surface area contributed by atoms with Gasteiger partial charge in [-0.25, -0.2) is 4.39 Å². The first-order valence-electron chi connectivity index (χ1n) is 7.46. The molecular formula is C18H16FN3O3. The molecule has 0 radical (unpaired) electrons. The lowest BCUT2D eigenvalue weighted by Crippen LogP contribution is -1.98. The van der Waals surface area contributed by atoms with Crippen molar-refractivity contribution >= 4 is 18.2 Å². The molecule has 2 aromatic carbocycles. The van der Waals surface area contributed by atoms with Crippen LogP contribution in [0.25, 0.3) is 12.2 Å². The van der Waals surface area contributed by atoms with E-state index in [1.165, 1.54) is 12.1 Å². The average molecular weight is 341 g/mol. The number of rotatable bonds is 6. The van der Waals surface area contributed by atoms with Crippen LogP contribution in [-0.4, -0.2) is 17.3 Å². The van der Waals surface area contributed by atoms with Crippen LogP contribution in [0.15, 0.2) is 46.9 Å². The van der Waals surface area contributed by atoms with E-state index < -0.39 is 0 Å². The van der Waals surface area contributed by atoms with Crippen molar-refractivity contribution in [1.82, 2.24) is 10.2 Å². The summed E-state index contributed by atoms with van der Waals surface area (Å²) >= 11 is 0. The fraction of sp³-hybridized carbons (Fsp3) is 0.111. The Kier molecular flexibility index (Phi) is 4.94. The Morgan fingerprint density at radius 2 is 2.00 bits per heavy atom. The summed E-state index contributed by atoms with van der Waals surface area (Å²) in [5, 5.41) is 7.33. The van der Waals surface area contributed by atoms with Crippen LogP contribution in [0.3, 0.4) is 0 Å². The highest BCUT2D eigenvalue weighted by Gasteiger charge is 2.06. The van der Waals surface area contributed by atoms with Gasteiger partial charge in [0.2, 0.25) is 5.89 Å². The number of ether oxygens (including phenoxy) is 2. The van der Waals surface area contributed by atoms with Crippen LogP contribution in [0.1, 0.15) is 17.0 Å². The number of benzene rings is 2. The van der Waals surface area contributed by atoms with Crippen LogP contribution in [0.5, 0.6) is 11.5 Å². The molecule has 0 saturated heterocycles. The number of halogens is 1. The van der Waals surface area contributed by atoms with E-state index in [2.05, 4.69) is 10.2 Å². The molecule has 0 fully saturated rings. The maximum atomic E-state index is 13.2. The van der Waals surface area contributed by atoms with Gasteiger partial charge in [-0.2, -0.15) is 0 Å². The van der Waals surface area contributed by atoms with Gasteiger partial charge in [0.15, 0.2) is 11.5 Å². The minimum absolute atomic E-state index is 0.00787. The number of hydrogen-bond donors (Lipinski definition) is 1. The van der Waals surface area contributed by atoms with Crippen molar-refractivity contribution in [3.05, 3.63) is 65.3 Å². The van der Waals surface area contributed by atoms with Crippen molar-refractivity contribution in [2.45, 2.75) is 6.61 Å². The van der Waals surface area contributed by atoms with E-state index in [1.54, 1.807) is 43.5 Å². The third-order valence-corrected chi connectivity index (χ3v) is 3.35. The summed E-state index contributed by atoms with van der Waals surface area (Å²) in [6, 6.07) is 11.7. The van der Waals surface area contributed by atoms with E-state index >= 15 is 0 Å². The van der Waals surface area contributed by atoms with Gasteiger partial charge in [-0.15, -0.1) is 5.10 Å². The fourth-order valence-electron chi connectivity index (χ4n) is 2.18. The smallest absolute Gasteiger partial charge is 0.313 e. The lowest BCUT2D eigenvalue weighted by Gasteiger charge is -2.11. The first-order chi connectivity index (χ1) is 12.1. The molecule has 128 valence electrons. The molecule has 0 aliphatic carbocycles. The number of methoxy groups -OCH3 is 1. The first kappa shape index (κ1) is 16.5. The second-order valence-corrected chi connectivity index (χ2v) is 5.14. The molecule has 0 aliphatic rings. The number of nitrogens with zero attached hydrogens (tertiary/aromatic N) is 2. The van der Waals surface area contributed by atoms with Crippen molar-refractivity contribution in [2.24, 2.45) is 0 Å². The highest BCUT2D eigenvalue weighted by atomic mass is 19.1. The monoisotopic (exact) mass is 341 g/mol. The van der Waals surface area contributed by atoms with Crippen LogP contribution >= 0.6 is 0 Å². The predicted molar refractivity (Wildman–Crippen MR) is 91.4 cm³/mol. The van der Waals surface area contributed by atoms with E-state index in [-0.39, 0.29) is 18.4 Å². The molecule has 0 unspecified atom stereocenters. The Morgan fingerprint density at radius 1 is 1.12 bits per heavy atom. The summed E-state index contributed by atoms with van der Waals surface area (Å²) in [6.45, 7) is 0.224. The third-order valence-electron chi connectivity index (χ3n) is 3.35. The molecule has 1 heterocycles. The molecule has 0 saturated carbocycles. The predicted octanol–water partition coefficient (Wildman–Crippen LogP) is 3.55. The van der Waals surface area contributed by atoms with Crippen molar-refractivity contribution in [2.75, 3.05) is 12.8 Å². The Balaban J connectivity index is 1.76. The molecule has 0 atom stereocenters. The Hall–Kier alpha value is -3.35. The first-order valence-corrected chi connectivity index (χ1v) is 7.46. The van der Waals surface area contributed by atoms with Crippen molar-refractivity contribution in [1.29, 1.82) is 0 Å². The molecule has 0 bridgehead atoms. The van der Waals surface area contributed by atoms with Gasteiger partial charge in [-0.05, 0) is 41.5 Å². The number of anilines is 1. The van der Waals surface area contributed by atoms with Gasteiger partial charge >= 0.3 is 6.01 Å². The summed E-state index contributed by atoms with van der Waals surface area (Å²) in [5.74, 6) is 1.12. The van der Waals surface area contributed by atoms with Gasteiger partial charge in [0, 0.05) is 6.08 Å². The SMILES string of the molecule is COc1ccc(/C=C/c2nnc(N)o2)cc1OCc1cccc(F)c1. The van der Waals surface area contributed by atoms with E-state index in [0.717, 1.165) is 11.1 Å². The molecule has 3 aromatic rings. The number of aromatic nitrogens is 2. The summed E-state index contributed by atoms with van der Waals surface area (Å²) in [6.07, 6.45) is 3.42. The van der Waals surface area contributed by atoms with Crippen molar-refractivity contribution in [3.63, 3.8) is 0 Å². The van der Waals surface area contributed by atoms with Crippen molar-refractivity contribution in [3.8, 4) is 11.5 Å². The lowest BCUT2D eigenvalue weighted by molar-refractivity contribution is 0.284. The van der Waals surface area contributed by atoms with Crippen LogP contribution in [0.2, 0.25) is 0 Å². The zero-order valence-electron chi connectivity index (χ0n) is 13.5. The van der Waals surface area contributed by atoms with Gasteiger partial charge in [-0.3, -0.25) is 0 Å². The highest BCUT2D eigenvalue weighted by Crippen LogP contribution is 2.29. The highest BCUT2D eigenvalue weighted by molar-refractivity contribution is 5.68. The molecule has 6 nitrogen and oxygen atoms in total. The molecule has 25 heavy (non-hydrogen) atoms. The zero-order valence-corrected chi connectivity index (χ0v) is 13.5. The van der Waals surface area contributed by atoms with Gasteiger partial charge < -0.3 is 19.6 Å². The van der Waals surface area contributed by atoms with E-state index in [1.807, 2.05) is 6.07 Å². The van der Waals surface area contributed by atoms with Gasteiger partial charge in [-0.1, -0.05) is 23.3 Å². The number of nitrogens with two attached hydrogens (primary N) is 1. The lowest BCUT2D eigenvalue weighted by atomic mass is 10.2. The van der Waals surface area contributed by atoms with Crippen LogP contribution in [-0.2, 0) is 6.61 Å². The Labute approximate surface area is 143 Å². The standard InChI is InChI=1S/C18H16FN3O3/c1-23-15-7-5-12(6-8-17-21-22-18(20)25-17)10-16(15)24-11-13-3-2-4-14(19)9-13/h2-10H,11H2,1H3,(H2,20,22)/b8-6+. The molecule has 1 aromatic heterocycles. The summed E-state index contributed by atoms with van der Waals surface area (Å²) in [4.78, 5) is 0. The fourth-order valence-corrected chi connectivity index (χ4v) is 2.18. The second-order valence-electron chi connectivity index (χ2n) is 5.14. The summed E-state index contributed by atoms with van der Waals surface area (Å²) in [7, 11) is 1.56. The maximum Gasteiger partial charge on any atom is 0.313 e. The van der Waals surface area contributed by atoms with Crippen LogP contribution < -0.4 is 15.2 Å². The normalized spacial score (nSPS) is 11.0. The van der Waals surface area contributed by atoms with Crippen LogP contribution in [0, 0.1) is 5.82 Å². The molecule has 0 spiro atoms. The molecule has 7 heteroatoms. The molecule has 0 aliphatic heterocycles. The maximum absolute atomic E-state index is 13.2. The minimum Gasteiger partial charge on any atom is -0.493 e. The van der Waals surface area contributed by atoms with Gasteiger partial charge in [0.1, 0.15) is 12.4 Å². The Bertz CT molecular complexity index is 893. The molecular weight excluding hydrogens is 325 g/mol. The topological polar surface area (TPSA) is 83.4 Å². The molecule has 0 amide bonds. The van der Waals surface area contributed by atoms with Gasteiger partial charge in [0.05, 0.1) is 7.11 Å². The van der Waals surface area contributed by atoms with Crippen molar-refractivity contribution < 1.29 is 18.3 Å². The van der Waals surface area contributed by atoms with E-state index in [4.69, 9.17) is 19.6 Å². The molecule has 2 N–H and O–H groups in total. The van der Waals surface area contributed by atoms with E-state index in [0.29, 0.717) is 17.4 Å². The second kappa shape index (κ2) is 7.48. The third kappa shape index (κ3) is 4.35. The average Bonchev–Trinajstić information content (AvgIpc) is 3.03. The van der Waals surface area contributed by atoms with E-state index in [9.17, 15) is 4.39 Å². The number of hydrogen-bond acceptors (Lipinski definition) is 6. The number of nitrogen functional groups attached to an aromatic ring is 1. The van der Waals surface area contributed by atoms with Crippen LogP contribution in [0.4, 0.5) is 10.4 Å². The van der Waals surface area contributed by atoms with Gasteiger partial charge in [0.25, 0.3) is 0 Å². The summed E-state index contributed by atoms with van der Waals surface area (Å²) in [5.41, 5.74) is 6.94. The summed E-state index contributed by atoms with van der Waals surface area (Å²) < 4.78 is 29.4. The quantitative estimate of drug-likeness (QED) is 0.738. The largest absolute Gasteiger partial charge is 0.493 e. The Morgan fingerprint density at radius 3 is 2.72 bits per heavy atom. The minimum atomic E-state index is -0.302. The zero-order chi connectivity index (χ0) is 17.6. The molecule has 3 rings (SSSR count).